The molecule has 0 unspecified atom stereocenters. The Morgan fingerprint density at radius 3 is 1.06 bits per heavy atom. The van der Waals surface area contributed by atoms with E-state index in [0.29, 0.717) is 0 Å². The smallest absolute Gasteiger partial charge is 0.123 e. The Balaban J connectivity index is 0.0000140. The van der Waals surface area contributed by atoms with Crippen LogP contribution in [0.5, 0.6) is 11.5 Å². The van der Waals surface area contributed by atoms with Crippen LogP contribution in [0.3, 0.4) is 0 Å². The Labute approximate surface area is 344 Å². The molecule has 0 amide bonds. The summed E-state index contributed by atoms with van der Waals surface area (Å²) >= 11 is 0. The monoisotopic (exact) mass is 815 g/mol. The molecule has 8 N–H and O–H groups in total. The lowest BCUT2D eigenvalue weighted by atomic mass is 10.1. The van der Waals surface area contributed by atoms with Crippen molar-refractivity contribution in [3.8, 4) is 11.5 Å². The van der Waals surface area contributed by atoms with Crippen LogP contribution < -0.4 is 41.4 Å². The third-order valence-corrected chi connectivity index (χ3v) is 11.6. The second-order valence-corrected chi connectivity index (χ2v) is 16.3. The molecule has 0 saturated heterocycles. The summed E-state index contributed by atoms with van der Waals surface area (Å²) in [5.41, 5.74) is 2.45. The van der Waals surface area contributed by atoms with Gasteiger partial charge in [-0.3, -0.25) is 0 Å². The Hall–Kier alpha value is -1.25. The van der Waals surface area contributed by atoms with Crippen molar-refractivity contribution in [2.45, 2.75) is 103 Å². The van der Waals surface area contributed by atoms with Crippen LogP contribution in [-0.4, -0.2) is 96.6 Å². The van der Waals surface area contributed by atoms with Gasteiger partial charge in [-0.25, -0.2) is 0 Å². The fourth-order valence-corrected chi connectivity index (χ4v) is 7.98. The van der Waals surface area contributed by atoms with Crippen molar-refractivity contribution in [3.63, 3.8) is 0 Å². The fourth-order valence-electron chi connectivity index (χ4n) is 6.08. The SMILES string of the molecule is COc1ccccc1CNCCCNCCCCCCCCNCCSSCCNCCCCCCCCNCCCNCc1ccccc1OC.Cl.O. The molecule has 2 aromatic carbocycles. The zero-order valence-corrected chi connectivity index (χ0v) is 36.4. The van der Waals surface area contributed by atoms with E-state index >= 15 is 0 Å². The van der Waals surface area contributed by atoms with E-state index in [1.807, 2.05) is 45.9 Å². The van der Waals surface area contributed by atoms with Gasteiger partial charge in [0.2, 0.25) is 0 Å². The zero-order valence-electron chi connectivity index (χ0n) is 34.0. The molecule has 314 valence electrons. The number of nitrogens with one attached hydrogen (secondary N) is 6. The maximum atomic E-state index is 5.41. The first kappa shape index (κ1) is 52.8. The van der Waals surface area contributed by atoms with Gasteiger partial charge in [0.15, 0.2) is 0 Å². The lowest BCUT2D eigenvalue weighted by Crippen LogP contribution is -2.22. The van der Waals surface area contributed by atoms with Gasteiger partial charge in [0, 0.05) is 48.8 Å². The molecule has 0 spiro atoms. The van der Waals surface area contributed by atoms with Crippen molar-refractivity contribution in [1.29, 1.82) is 0 Å². The van der Waals surface area contributed by atoms with Gasteiger partial charge in [0.05, 0.1) is 14.2 Å². The lowest BCUT2D eigenvalue weighted by molar-refractivity contribution is 0.407. The van der Waals surface area contributed by atoms with Crippen molar-refractivity contribution < 1.29 is 14.9 Å². The van der Waals surface area contributed by atoms with E-state index in [0.717, 1.165) is 89.8 Å². The first-order chi connectivity index (χ1) is 25.8. The van der Waals surface area contributed by atoms with Gasteiger partial charge in [0.1, 0.15) is 11.5 Å². The van der Waals surface area contributed by atoms with Crippen LogP contribution in [0.2, 0.25) is 0 Å². The molecule has 0 aliphatic rings. The predicted octanol–water partition coefficient (Wildman–Crippen LogP) is 7.38. The molecule has 2 rings (SSSR count). The lowest BCUT2D eigenvalue weighted by Gasteiger charge is -2.10. The van der Waals surface area contributed by atoms with Crippen LogP contribution in [-0.2, 0) is 13.1 Å². The number of hydrogen-bond acceptors (Lipinski definition) is 10. The van der Waals surface area contributed by atoms with E-state index in [-0.39, 0.29) is 17.9 Å². The Kier molecular flexibility index (Phi) is 40.4. The van der Waals surface area contributed by atoms with Crippen molar-refractivity contribution in [2.24, 2.45) is 0 Å². The van der Waals surface area contributed by atoms with Crippen LogP contribution in [0.1, 0.15) is 101 Å². The van der Waals surface area contributed by atoms with E-state index < -0.39 is 0 Å². The number of para-hydroxylation sites is 2. The van der Waals surface area contributed by atoms with E-state index in [4.69, 9.17) is 9.47 Å². The average Bonchev–Trinajstić information content (AvgIpc) is 3.18. The highest BCUT2D eigenvalue weighted by Gasteiger charge is 2.02. The van der Waals surface area contributed by atoms with Crippen molar-refractivity contribution >= 4 is 34.0 Å². The molecule has 0 aliphatic carbocycles. The van der Waals surface area contributed by atoms with Gasteiger partial charge in [-0.05, 0) is 103 Å². The highest BCUT2D eigenvalue weighted by atomic mass is 35.5. The first-order valence-corrected chi connectivity index (χ1v) is 23.1. The van der Waals surface area contributed by atoms with Gasteiger partial charge in [-0.2, -0.15) is 0 Å². The number of benzene rings is 2. The molecule has 0 radical (unpaired) electrons. The maximum absolute atomic E-state index is 5.41. The minimum absolute atomic E-state index is 0. The Morgan fingerprint density at radius 2 is 0.685 bits per heavy atom. The average molecular weight is 816 g/mol. The number of methoxy groups -OCH3 is 2. The summed E-state index contributed by atoms with van der Waals surface area (Å²) in [6.45, 7) is 12.9. The highest BCUT2D eigenvalue weighted by Crippen LogP contribution is 2.19. The second kappa shape index (κ2) is 41.4. The quantitative estimate of drug-likeness (QED) is 0.0301. The third-order valence-electron chi connectivity index (χ3n) is 9.15. The number of halogens is 1. The zero-order chi connectivity index (χ0) is 36.8. The Bertz CT molecular complexity index is 983. The molecule has 9 nitrogen and oxygen atoms in total. The summed E-state index contributed by atoms with van der Waals surface area (Å²) in [5, 5.41) is 21.5. The van der Waals surface area contributed by atoms with Gasteiger partial charge in [-0.1, -0.05) is 109 Å². The summed E-state index contributed by atoms with van der Waals surface area (Å²) in [5.74, 6) is 4.33. The fraction of sp³-hybridized carbons (Fsp3) is 0.714. The van der Waals surface area contributed by atoms with Crippen molar-refractivity contribution in [3.05, 3.63) is 59.7 Å². The second-order valence-electron chi connectivity index (χ2n) is 13.6. The van der Waals surface area contributed by atoms with Crippen LogP contribution in [0.4, 0.5) is 0 Å². The molecule has 0 atom stereocenters. The van der Waals surface area contributed by atoms with E-state index in [2.05, 4.69) is 56.2 Å². The minimum atomic E-state index is 0. The Morgan fingerprint density at radius 1 is 0.389 bits per heavy atom. The topological polar surface area (TPSA) is 122 Å². The summed E-state index contributed by atoms with van der Waals surface area (Å²) < 4.78 is 10.8. The first-order valence-electron chi connectivity index (χ1n) is 20.6. The molecule has 0 aliphatic heterocycles. The number of hydrogen-bond donors (Lipinski definition) is 6. The van der Waals surface area contributed by atoms with Crippen LogP contribution in [0.15, 0.2) is 48.5 Å². The van der Waals surface area contributed by atoms with E-state index in [9.17, 15) is 0 Å². The molecule has 0 heterocycles. The summed E-state index contributed by atoms with van der Waals surface area (Å²) in [6, 6.07) is 16.5. The normalized spacial score (nSPS) is 10.9. The van der Waals surface area contributed by atoms with Crippen LogP contribution in [0.25, 0.3) is 0 Å². The molecule has 12 heteroatoms. The van der Waals surface area contributed by atoms with Gasteiger partial charge < -0.3 is 46.9 Å². The third kappa shape index (κ3) is 30.9. The van der Waals surface area contributed by atoms with Crippen LogP contribution >= 0.6 is 34.0 Å². The molecule has 2 aromatic rings. The molecule has 0 fully saturated rings. The molecule has 0 aromatic heterocycles. The molecule has 54 heavy (non-hydrogen) atoms. The van der Waals surface area contributed by atoms with Gasteiger partial charge >= 0.3 is 0 Å². The van der Waals surface area contributed by atoms with E-state index in [1.165, 1.54) is 113 Å². The highest BCUT2D eigenvalue weighted by molar-refractivity contribution is 8.76. The minimum Gasteiger partial charge on any atom is -0.496 e. The van der Waals surface area contributed by atoms with Crippen molar-refractivity contribution in [2.75, 3.05) is 91.2 Å². The number of unbranched alkanes of at least 4 members (excludes halogenated alkanes) is 10. The van der Waals surface area contributed by atoms with Gasteiger partial charge in [-0.15, -0.1) is 12.4 Å². The number of ether oxygens (including phenoxy) is 2. The van der Waals surface area contributed by atoms with E-state index in [1.54, 1.807) is 14.2 Å². The summed E-state index contributed by atoms with van der Waals surface area (Å²) in [4.78, 5) is 0. The van der Waals surface area contributed by atoms with Crippen molar-refractivity contribution in [1.82, 2.24) is 31.9 Å². The summed E-state index contributed by atoms with van der Waals surface area (Å²) in [6.07, 6.45) is 18.4. The summed E-state index contributed by atoms with van der Waals surface area (Å²) in [7, 11) is 7.50. The largest absolute Gasteiger partial charge is 0.496 e. The van der Waals surface area contributed by atoms with Gasteiger partial charge in [0.25, 0.3) is 0 Å². The molecule has 0 bridgehead atoms. The molecular weight excluding hydrogens is 736 g/mol. The van der Waals surface area contributed by atoms with Crippen LogP contribution in [0, 0.1) is 0 Å². The molecule has 0 saturated carbocycles. The number of rotatable bonds is 39. The molecular formula is C42H79ClN6O3S2. The standard InChI is InChI=1S/C42H76N6O2S2.ClH.H2O/c1-49-41-23-13-11-21-39(41)37-47-31-19-29-43-25-15-7-3-5-9-17-27-45-33-35-51-52-36-34-46-28-18-10-6-4-8-16-26-44-30-20-32-48-38-40-22-12-14-24-42(40)50-2;;/h11-14,21-24,43-48H,3-10,15-20,25-38H2,1-2H3;1H;1H2. The predicted molar refractivity (Wildman–Crippen MR) is 241 cm³/mol. The maximum Gasteiger partial charge on any atom is 0.123 e.